The average Bonchev–Trinajstić information content (AvgIpc) is 4.23. The number of benzene rings is 4. The molecule has 0 bridgehead atoms. The Morgan fingerprint density at radius 2 is 0.976 bits per heavy atom. The minimum atomic E-state index is -5.06. The minimum Gasteiger partial charge on any atom is -0.405 e. The minimum absolute atomic E-state index is 0.100. The van der Waals surface area contributed by atoms with Gasteiger partial charge in [0.15, 0.2) is 11.3 Å². The number of hydrogen-bond donors (Lipinski definition) is 6. The molecule has 6 aliphatic heterocycles. The third-order valence-corrected chi connectivity index (χ3v) is 25.4. The van der Waals surface area contributed by atoms with Crippen LogP contribution in [0, 0.1) is 0 Å². The third-order valence-electron chi connectivity index (χ3n) is 15.4. The fourth-order valence-electron chi connectivity index (χ4n) is 12.2. The van der Waals surface area contributed by atoms with Gasteiger partial charge in [-0.05, 0) is 49.9 Å². The Kier molecular flexibility index (Phi) is 17.7. The standard InChI is InChI=1S/C29H34F3N5O2Si.C28H32F3N5O2Si.CH2Cl2/c1-19-16-17-28-24(33-20(2)36-28)23(34-26(37(19)28)35-25(38)29(30,31)32)18-39-40(27(3,4)5,21-12-8-6-9-13-21)22-14-10-7-11-15-22;1-19-32-23-22(33-25(34-24(37)28(29,30)31)36-17-11-16-27(23,36)35-19)18-38-39(26(2,3)4,20-12-7-5-8-13-20)21-14-9-6-10-15-21;2-1-3/h6-17,19,23-24,33,36H,2,18H2,1,3-5H3,(H,34,35,38);5-16,22-23,32,35H,1,17-18H2,2-4H3,(H,33,34,37);1H2/t19-,23+,24+,28?;22-,23-,27?;/m10./s1. The van der Waals surface area contributed by atoms with Gasteiger partial charge >= 0.3 is 24.2 Å². The highest BCUT2D eigenvalue weighted by molar-refractivity contribution is 7.00. The van der Waals surface area contributed by atoms with Crippen LogP contribution in [-0.4, -0.2) is 129 Å². The number of rotatable bonds is 10. The van der Waals surface area contributed by atoms with Gasteiger partial charge in [-0.25, -0.2) is 9.98 Å². The number of alkyl halides is 8. The molecule has 4 aromatic carbocycles. The first-order valence-corrected chi connectivity index (χ1v) is 31.4. The molecule has 14 nitrogen and oxygen atoms in total. The van der Waals surface area contributed by atoms with Gasteiger partial charge in [0, 0.05) is 6.54 Å². The number of nitrogens with zero attached hydrogens (tertiary/aromatic N) is 4. The molecule has 2 unspecified atom stereocenters. The highest BCUT2D eigenvalue weighted by Crippen LogP contribution is 2.43. The van der Waals surface area contributed by atoms with E-state index in [-0.39, 0.29) is 53.1 Å². The molecule has 0 aromatic heterocycles. The molecule has 2 spiro atoms. The van der Waals surface area contributed by atoms with E-state index in [9.17, 15) is 35.9 Å². The van der Waals surface area contributed by atoms with Gasteiger partial charge in [0.2, 0.25) is 11.9 Å². The second-order valence-corrected chi connectivity index (χ2v) is 32.0. The molecule has 0 radical (unpaired) electrons. The lowest BCUT2D eigenvalue weighted by Gasteiger charge is -2.49. The quantitative estimate of drug-likeness (QED) is 0.0425. The molecule has 2 saturated heterocycles. The van der Waals surface area contributed by atoms with Gasteiger partial charge in [-0.15, -0.1) is 23.2 Å². The fourth-order valence-corrected chi connectivity index (χ4v) is 21.3. The summed E-state index contributed by atoms with van der Waals surface area (Å²) in [5.41, 5.74) is -1.90. The normalized spacial score (nSPS) is 24.5. The smallest absolute Gasteiger partial charge is 0.405 e. The largest absolute Gasteiger partial charge is 0.471 e. The van der Waals surface area contributed by atoms with Crippen LogP contribution in [0.3, 0.4) is 0 Å². The van der Waals surface area contributed by atoms with E-state index in [1.807, 2.05) is 115 Å². The zero-order chi connectivity index (χ0) is 59.7. The lowest BCUT2D eigenvalue weighted by atomic mass is 9.93. The van der Waals surface area contributed by atoms with Gasteiger partial charge in [-0.1, -0.05) is 188 Å². The second-order valence-electron chi connectivity index (χ2n) is 22.6. The zero-order valence-corrected chi connectivity index (χ0v) is 49.9. The molecule has 6 N–H and O–H groups in total. The van der Waals surface area contributed by atoms with Crippen LogP contribution in [0.4, 0.5) is 26.3 Å². The Labute approximate surface area is 486 Å². The molecule has 24 heteroatoms. The molecule has 0 aliphatic carbocycles. The Balaban J connectivity index is 0.000000205. The van der Waals surface area contributed by atoms with Gasteiger partial charge in [0.1, 0.15) is 12.1 Å². The third kappa shape index (κ3) is 11.6. The van der Waals surface area contributed by atoms with Crippen molar-refractivity contribution in [3.63, 3.8) is 0 Å². The number of carbonyl (C=O) groups is 2. The molecule has 4 aromatic rings. The van der Waals surface area contributed by atoms with E-state index in [1.54, 1.807) is 9.80 Å². The number of halogens is 8. The number of nitrogens with one attached hydrogen (secondary N) is 6. The topological polar surface area (TPSA) is 156 Å². The molecular formula is C58H68Cl2F6N10O4Si2. The van der Waals surface area contributed by atoms with Gasteiger partial charge in [-0.2, -0.15) is 26.3 Å². The summed E-state index contributed by atoms with van der Waals surface area (Å²) in [5.74, 6) is -3.42. The van der Waals surface area contributed by atoms with E-state index in [0.29, 0.717) is 11.6 Å². The van der Waals surface area contributed by atoms with Crippen molar-refractivity contribution in [2.45, 2.75) is 112 Å². The fraction of sp³-hybridized carbons (Fsp3) is 0.379. The van der Waals surface area contributed by atoms with Crippen LogP contribution in [0.1, 0.15) is 48.5 Å². The Morgan fingerprint density at radius 3 is 1.35 bits per heavy atom. The van der Waals surface area contributed by atoms with Crippen molar-refractivity contribution >= 4 is 84.3 Å². The summed E-state index contributed by atoms with van der Waals surface area (Å²) < 4.78 is 93.8. The number of carbonyl (C=O) groups excluding carboxylic acids is 2. The molecule has 10 rings (SSSR count). The maximum absolute atomic E-state index is 13.3. The number of guanidine groups is 2. The van der Waals surface area contributed by atoms with Crippen molar-refractivity contribution in [1.82, 2.24) is 41.7 Å². The average molecular weight is 1210 g/mol. The molecule has 2 fully saturated rings. The maximum Gasteiger partial charge on any atom is 0.471 e. The Bertz CT molecular complexity index is 3020. The van der Waals surface area contributed by atoms with E-state index in [4.69, 9.17) is 37.0 Å². The van der Waals surface area contributed by atoms with E-state index < -0.39 is 76.3 Å². The van der Waals surface area contributed by atoms with Gasteiger partial charge in [0.25, 0.3) is 16.6 Å². The van der Waals surface area contributed by atoms with E-state index >= 15 is 0 Å². The van der Waals surface area contributed by atoms with Crippen LogP contribution in [0.5, 0.6) is 0 Å². The van der Waals surface area contributed by atoms with Gasteiger partial charge in [-0.3, -0.25) is 20.2 Å². The first kappa shape index (κ1) is 61.5. The van der Waals surface area contributed by atoms with Crippen LogP contribution < -0.4 is 52.6 Å². The predicted molar refractivity (Wildman–Crippen MR) is 315 cm³/mol. The zero-order valence-electron chi connectivity index (χ0n) is 46.4. The predicted octanol–water partition coefficient (Wildman–Crippen LogP) is 6.97. The summed E-state index contributed by atoms with van der Waals surface area (Å²) in [4.78, 5) is 36.6. The first-order chi connectivity index (χ1) is 38.6. The summed E-state index contributed by atoms with van der Waals surface area (Å²) >= 11 is 9.53. The summed E-state index contributed by atoms with van der Waals surface area (Å²) in [6, 6.07) is 37.9. The van der Waals surface area contributed by atoms with Crippen LogP contribution in [0.15, 0.2) is 180 Å². The molecule has 6 aliphatic rings. The summed E-state index contributed by atoms with van der Waals surface area (Å²) in [5, 5.41) is 21.2. The molecule has 6 heterocycles. The van der Waals surface area contributed by atoms with Gasteiger partial charge < -0.3 is 39.9 Å². The Morgan fingerprint density at radius 1 is 0.622 bits per heavy atom. The van der Waals surface area contributed by atoms with Crippen molar-refractivity contribution in [3.8, 4) is 0 Å². The Hall–Kier alpha value is -6.57. The van der Waals surface area contributed by atoms with Crippen molar-refractivity contribution < 1.29 is 44.8 Å². The highest BCUT2D eigenvalue weighted by Gasteiger charge is 2.61. The molecule has 7 atom stereocenters. The molecule has 438 valence electrons. The van der Waals surface area contributed by atoms with Crippen LogP contribution in [-0.2, 0) is 18.4 Å². The van der Waals surface area contributed by atoms with Crippen molar-refractivity contribution in [3.05, 3.63) is 170 Å². The van der Waals surface area contributed by atoms with E-state index in [0.717, 1.165) is 20.7 Å². The summed E-state index contributed by atoms with van der Waals surface area (Å²) in [6.07, 6.45) is -2.62. The van der Waals surface area contributed by atoms with Crippen LogP contribution in [0.2, 0.25) is 10.1 Å². The molecular weight excluding hydrogens is 1140 g/mol. The number of hydrogen-bond acceptors (Lipinski definition) is 12. The number of amides is 2. The van der Waals surface area contributed by atoms with Crippen molar-refractivity contribution in [2.24, 2.45) is 9.98 Å². The monoisotopic (exact) mass is 1210 g/mol. The molecule has 2 amide bonds. The van der Waals surface area contributed by atoms with E-state index in [2.05, 4.69) is 129 Å². The number of aliphatic imine (C=N–C) groups is 2. The molecule has 0 saturated carbocycles. The van der Waals surface area contributed by atoms with E-state index in [1.165, 1.54) is 0 Å². The highest BCUT2D eigenvalue weighted by atomic mass is 35.5. The second kappa shape index (κ2) is 23.6. The van der Waals surface area contributed by atoms with Gasteiger partial charge in [0.05, 0.1) is 48.3 Å². The SMILES string of the molecule is C=C1N[C@H]2[C@H](CO[Si](c3ccccc3)(c3ccccc3)C(C)(C)C)N=C(NC(=O)C(F)(F)F)N3CC=CC23N1.C=C1N[C@H]2[C@H](CO[Si](c3ccccc3)(c3ccccc3)C(C)(C)C)N=C(NC(=O)C(F)(F)F)N3[C@H](C)C=CC23N1.ClCCl. The lowest BCUT2D eigenvalue weighted by molar-refractivity contribution is -0.172. The lowest BCUT2D eigenvalue weighted by Crippen LogP contribution is -2.72. The first-order valence-electron chi connectivity index (χ1n) is 26.5. The van der Waals surface area contributed by atoms with Crippen LogP contribution in [0.25, 0.3) is 0 Å². The molecule has 82 heavy (non-hydrogen) atoms. The summed E-state index contributed by atoms with van der Waals surface area (Å²) in [7, 11) is -5.92. The van der Waals surface area contributed by atoms with Crippen molar-refractivity contribution in [1.29, 1.82) is 0 Å². The maximum atomic E-state index is 13.3. The van der Waals surface area contributed by atoms with Crippen molar-refractivity contribution in [2.75, 3.05) is 25.1 Å². The van der Waals surface area contributed by atoms with Crippen LogP contribution >= 0.6 is 23.2 Å². The summed E-state index contributed by atoms with van der Waals surface area (Å²) in [6.45, 7) is 23.3.